The highest BCUT2D eigenvalue weighted by Gasteiger charge is 2.09. The van der Waals surface area contributed by atoms with Gasteiger partial charge in [-0.15, -0.1) is 0 Å². The fourth-order valence-electron chi connectivity index (χ4n) is 1.61. The number of nitrogens with zero attached hydrogens (tertiary/aromatic N) is 1. The molecule has 0 fully saturated rings. The lowest BCUT2D eigenvalue weighted by atomic mass is 10.0. The number of pyridine rings is 1. The Morgan fingerprint density at radius 1 is 1.50 bits per heavy atom. The molecule has 3 nitrogen and oxygen atoms in total. The van der Waals surface area contributed by atoms with Crippen LogP contribution >= 0.6 is 0 Å². The first kappa shape index (κ1) is 10.5. The average Bonchev–Trinajstić information content (AvgIpc) is 2.28. The van der Waals surface area contributed by atoms with Gasteiger partial charge in [-0.25, -0.2) is 4.39 Å². The van der Waals surface area contributed by atoms with E-state index in [1.54, 1.807) is 18.5 Å². The SMILES string of the molecule is COC(=O)Cc1cc(F)cc2ccncc12. The second-order valence-electron chi connectivity index (χ2n) is 3.41. The number of benzene rings is 1. The number of carbonyl (C=O) groups is 1. The molecular weight excluding hydrogens is 209 g/mol. The highest BCUT2D eigenvalue weighted by atomic mass is 19.1. The van der Waals surface area contributed by atoms with Crippen LogP contribution in [-0.2, 0) is 16.0 Å². The maximum Gasteiger partial charge on any atom is 0.310 e. The number of aromatic nitrogens is 1. The number of esters is 1. The Morgan fingerprint density at radius 2 is 2.31 bits per heavy atom. The van der Waals surface area contributed by atoms with Crippen molar-refractivity contribution in [2.45, 2.75) is 6.42 Å². The van der Waals surface area contributed by atoms with E-state index in [4.69, 9.17) is 0 Å². The minimum atomic E-state index is -0.393. The van der Waals surface area contributed by atoms with Crippen molar-refractivity contribution in [3.05, 3.63) is 42.0 Å². The zero-order valence-electron chi connectivity index (χ0n) is 8.74. The van der Waals surface area contributed by atoms with Crippen LogP contribution in [0.5, 0.6) is 0 Å². The standard InChI is InChI=1S/C12H10FNO2/c1-16-12(15)6-9-5-10(13)4-8-2-3-14-7-11(8)9/h2-5,7H,6H2,1H3. The molecule has 0 saturated heterocycles. The van der Waals surface area contributed by atoms with Crippen LogP contribution in [0.1, 0.15) is 5.56 Å². The minimum absolute atomic E-state index is 0.0520. The predicted molar refractivity (Wildman–Crippen MR) is 57.4 cm³/mol. The lowest BCUT2D eigenvalue weighted by Gasteiger charge is -2.05. The van der Waals surface area contributed by atoms with E-state index in [2.05, 4.69) is 9.72 Å². The largest absolute Gasteiger partial charge is 0.469 e. The Hall–Kier alpha value is -1.97. The van der Waals surface area contributed by atoms with Gasteiger partial charge in [0, 0.05) is 17.8 Å². The van der Waals surface area contributed by atoms with E-state index in [0.717, 1.165) is 10.8 Å². The fraction of sp³-hybridized carbons (Fsp3) is 0.167. The number of methoxy groups -OCH3 is 1. The van der Waals surface area contributed by atoms with Crippen LogP contribution in [0.3, 0.4) is 0 Å². The smallest absolute Gasteiger partial charge is 0.310 e. The third-order valence-electron chi connectivity index (χ3n) is 2.37. The first-order valence-corrected chi connectivity index (χ1v) is 4.79. The highest BCUT2D eigenvalue weighted by molar-refractivity contribution is 5.88. The van der Waals surface area contributed by atoms with Gasteiger partial charge in [-0.05, 0) is 29.1 Å². The van der Waals surface area contributed by atoms with Gasteiger partial charge in [0.2, 0.25) is 0 Å². The molecule has 0 radical (unpaired) electrons. The van der Waals surface area contributed by atoms with Crippen molar-refractivity contribution in [1.82, 2.24) is 4.98 Å². The number of halogens is 1. The number of carbonyl (C=O) groups excluding carboxylic acids is 1. The molecule has 0 aliphatic carbocycles. The first-order chi connectivity index (χ1) is 7.70. The molecule has 1 aromatic carbocycles. The molecule has 1 aromatic heterocycles. The fourth-order valence-corrected chi connectivity index (χ4v) is 1.61. The lowest BCUT2D eigenvalue weighted by molar-refractivity contribution is -0.139. The van der Waals surface area contributed by atoms with Crippen molar-refractivity contribution < 1.29 is 13.9 Å². The topological polar surface area (TPSA) is 39.2 Å². The van der Waals surface area contributed by atoms with Crippen molar-refractivity contribution in [1.29, 1.82) is 0 Å². The quantitative estimate of drug-likeness (QED) is 0.726. The van der Waals surface area contributed by atoms with E-state index < -0.39 is 5.97 Å². The van der Waals surface area contributed by atoms with E-state index in [0.29, 0.717) is 5.56 Å². The van der Waals surface area contributed by atoms with Gasteiger partial charge in [0.25, 0.3) is 0 Å². The van der Waals surface area contributed by atoms with E-state index in [9.17, 15) is 9.18 Å². The Labute approximate surface area is 91.9 Å². The van der Waals surface area contributed by atoms with E-state index in [-0.39, 0.29) is 12.2 Å². The van der Waals surface area contributed by atoms with Crippen LogP contribution in [0.4, 0.5) is 4.39 Å². The van der Waals surface area contributed by atoms with E-state index in [1.165, 1.54) is 19.2 Å². The van der Waals surface area contributed by atoms with Gasteiger partial charge in [0.05, 0.1) is 13.5 Å². The highest BCUT2D eigenvalue weighted by Crippen LogP contribution is 2.20. The summed E-state index contributed by atoms with van der Waals surface area (Å²) in [6, 6.07) is 4.46. The van der Waals surface area contributed by atoms with Crippen molar-refractivity contribution in [3.8, 4) is 0 Å². The number of ether oxygens (including phenoxy) is 1. The van der Waals surface area contributed by atoms with Crippen molar-refractivity contribution in [3.63, 3.8) is 0 Å². The van der Waals surface area contributed by atoms with E-state index in [1.807, 2.05) is 0 Å². The minimum Gasteiger partial charge on any atom is -0.469 e. The van der Waals surface area contributed by atoms with Crippen molar-refractivity contribution in [2.24, 2.45) is 0 Å². The van der Waals surface area contributed by atoms with Crippen LogP contribution < -0.4 is 0 Å². The first-order valence-electron chi connectivity index (χ1n) is 4.79. The molecule has 4 heteroatoms. The summed E-state index contributed by atoms with van der Waals surface area (Å²) in [7, 11) is 1.31. The molecule has 0 saturated carbocycles. The molecule has 2 rings (SSSR count). The molecule has 82 valence electrons. The Bertz CT molecular complexity index is 540. The number of rotatable bonds is 2. The van der Waals surface area contributed by atoms with Crippen molar-refractivity contribution in [2.75, 3.05) is 7.11 Å². The zero-order chi connectivity index (χ0) is 11.5. The summed E-state index contributed by atoms with van der Waals surface area (Å²) in [5.41, 5.74) is 0.593. The molecule has 0 atom stereocenters. The number of hydrogen-bond donors (Lipinski definition) is 0. The molecule has 0 spiro atoms. The maximum absolute atomic E-state index is 13.3. The van der Waals surface area contributed by atoms with Crippen LogP contribution in [0.2, 0.25) is 0 Å². The van der Waals surface area contributed by atoms with Gasteiger partial charge in [0.15, 0.2) is 0 Å². The summed E-state index contributed by atoms with van der Waals surface area (Å²) in [6.45, 7) is 0. The predicted octanol–water partition coefficient (Wildman–Crippen LogP) is 2.09. The average molecular weight is 219 g/mol. The number of hydrogen-bond acceptors (Lipinski definition) is 3. The summed E-state index contributed by atoms with van der Waals surface area (Å²) in [4.78, 5) is 15.1. The second-order valence-corrected chi connectivity index (χ2v) is 3.41. The molecule has 16 heavy (non-hydrogen) atoms. The molecular formula is C12H10FNO2. The molecule has 0 aliphatic rings. The third-order valence-corrected chi connectivity index (χ3v) is 2.37. The second kappa shape index (κ2) is 4.26. The Morgan fingerprint density at radius 3 is 3.06 bits per heavy atom. The molecule has 0 unspecified atom stereocenters. The normalized spacial score (nSPS) is 10.4. The molecule has 1 heterocycles. The van der Waals surface area contributed by atoms with Gasteiger partial charge in [-0.1, -0.05) is 0 Å². The summed E-state index contributed by atoms with van der Waals surface area (Å²) < 4.78 is 17.8. The third kappa shape index (κ3) is 2.00. The summed E-state index contributed by atoms with van der Waals surface area (Å²) in [6.07, 6.45) is 3.26. The maximum atomic E-state index is 13.3. The van der Waals surface area contributed by atoms with Crippen LogP contribution in [-0.4, -0.2) is 18.1 Å². The summed E-state index contributed by atoms with van der Waals surface area (Å²) in [5, 5.41) is 1.50. The van der Waals surface area contributed by atoms with Crippen LogP contribution in [0, 0.1) is 5.82 Å². The molecule has 2 aromatic rings. The van der Waals surface area contributed by atoms with Crippen molar-refractivity contribution >= 4 is 16.7 Å². The van der Waals surface area contributed by atoms with Gasteiger partial charge in [-0.2, -0.15) is 0 Å². The van der Waals surface area contributed by atoms with Crippen LogP contribution in [0.15, 0.2) is 30.6 Å². The van der Waals surface area contributed by atoms with E-state index >= 15 is 0 Å². The lowest BCUT2D eigenvalue weighted by Crippen LogP contribution is -2.05. The van der Waals surface area contributed by atoms with Gasteiger partial charge in [-0.3, -0.25) is 9.78 Å². The molecule has 0 N–H and O–H groups in total. The Kier molecular flexibility index (Phi) is 2.81. The monoisotopic (exact) mass is 219 g/mol. The molecule has 0 aliphatic heterocycles. The van der Waals surface area contributed by atoms with Gasteiger partial charge in [0.1, 0.15) is 5.82 Å². The summed E-state index contributed by atoms with van der Waals surface area (Å²) >= 11 is 0. The molecule has 0 amide bonds. The molecule has 0 bridgehead atoms. The Balaban J connectivity index is 2.54. The van der Waals surface area contributed by atoms with Gasteiger partial charge >= 0.3 is 5.97 Å². The number of fused-ring (bicyclic) bond motifs is 1. The van der Waals surface area contributed by atoms with Gasteiger partial charge < -0.3 is 4.74 Å². The zero-order valence-corrected chi connectivity index (χ0v) is 8.74. The summed E-state index contributed by atoms with van der Waals surface area (Å²) in [5.74, 6) is -0.756. The van der Waals surface area contributed by atoms with Crippen LogP contribution in [0.25, 0.3) is 10.8 Å².